The topological polar surface area (TPSA) is 34.2 Å². The molecule has 1 heterocycles. The number of ether oxygens (including phenoxy) is 1. The van der Waals surface area contributed by atoms with E-state index >= 15 is 0 Å². The zero-order valence-electron chi connectivity index (χ0n) is 10.4. The molecular weight excluding hydrogens is 231 g/mol. The van der Waals surface area contributed by atoms with Crippen molar-refractivity contribution in [3.63, 3.8) is 0 Å². The van der Waals surface area contributed by atoms with Crippen molar-refractivity contribution in [3.8, 4) is 11.5 Å². The average Bonchev–Trinajstić information content (AvgIpc) is 2.35. The predicted octanol–water partition coefficient (Wildman–Crippen LogP) is 3.75. The summed E-state index contributed by atoms with van der Waals surface area (Å²) in [6.45, 7) is 4.68. The van der Waals surface area contributed by atoms with E-state index in [1.54, 1.807) is 30.6 Å². The highest BCUT2D eigenvalue weighted by atomic mass is 19.1. The summed E-state index contributed by atoms with van der Waals surface area (Å²) in [4.78, 5) is 4.04. The second-order valence-electron chi connectivity index (χ2n) is 3.98. The molecule has 0 aliphatic rings. The lowest BCUT2D eigenvalue weighted by atomic mass is 10.2. The molecule has 0 fully saturated rings. The number of aromatic nitrogens is 1. The smallest absolute Gasteiger partial charge is 0.165 e. The van der Waals surface area contributed by atoms with E-state index in [4.69, 9.17) is 4.74 Å². The van der Waals surface area contributed by atoms with Gasteiger partial charge in [-0.25, -0.2) is 4.39 Å². The Labute approximate surface area is 106 Å². The van der Waals surface area contributed by atoms with E-state index in [0.717, 1.165) is 17.8 Å². The Bertz CT molecular complexity index is 543. The van der Waals surface area contributed by atoms with Crippen molar-refractivity contribution < 1.29 is 9.13 Å². The highest BCUT2D eigenvalue weighted by Gasteiger charge is 2.05. The summed E-state index contributed by atoms with van der Waals surface area (Å²) in [6.07, 6.45) is 3.26. The highest BCUT2D eigenvalue weighted by molar-refractivity contribution is 5.46. The summed E-state index contributed by atoms with van der Waals surface area (Å²) < 4.78 is 19.0. The number of hydrogen-bond acceptors (Lipinski definition) is 3. The van der Waals surface area contributed by atoms with E-state index in [1.165, 1.54) is 6.07 Å². The van der Waals surface area contributed by atoms with Crippen molar-refractivity contribution in [2.24, 2.45) is 0 Å². The zero-order valence-corrected chi connectivity index (χ0v) is 10.4. The van der Waals surface area contributed by atoms with Crippen LogP contribution in [0.2, 0.25) is 0 Å². The van der Waals surface area contributed by atoms with Crippen molar-refractivity contribution in [3.05, 3.63) is 48.0 Å². The molecule has 0 amide bonds. The van der Waals surface area contributed by atoms with Gasteiger partial charge in [-0.1, -0.05) is 6.07 Å². The fourth-order valence-corrected chi connectivity index (χ4v) is 1.59. The number of pyridine rings is 1. The van der Waals surface area contributed by atoms with Crippen molar-refractivity contribution in [2.45, 2.75) is 13.8 Å². The van der Waals surface area contributed by atoms with Gasteiger partial charge in [0, 0.05) is 12.6 Å². The number of halogens is 1. The lowest BCUT2D eigenvalue weighted by Crippen LogP contribution is -1.97. The Morgan fingerprint density at radius 1 is 1.28 bits per heavy atom. The summed E-state index contributed by atoms with van der Waals surface area (Å²) in [5.74, 6) is 0.345. The van der Waals surface area contributed by atoms with Gasteiger partial charge in [0.25, 0.3) is 0 Å². The summed E-state index contributed by atoms with van der Waals surface area (Å²) in [6, 6.07) is 6.55. The van der Waals surface area contributed by atoms with Crippen LogP contribution in [-0.2, 0) is 0 Å². The van der Waals surface area contributed by atoms with Crippen LogP contribution in [0.3, 0.4) is 0 Å². The fraction of sp³-hybridized carbons (Fsp3) is 0.214. The van der Waals surface area contributed by atoms with E-state index in [9.17, 15) is 4.39 Å². The molecule has 1 aromatic carbocycles. The molecule has 2 rings (SSSR count). The first-order valence-electron chi connectivity index (χ1n) is 5.82. The first-order chi connectivity index (χ1) is 8.69. The van der Waals surface area contributed by atoms with Gasteiger partial charge >= 0.3 is 0 Å². The van der Waals surface area contributed by atoms with Gasteiger partial charge in [-0.2, -0.15) is 0 Å². The van der Waals surface area contributed by atoms with Crippen LogP contribution in [0.1, 0.15) is 12.5 Å². The van der Waals surface area contributed by atoms with E-state index in [1.807, 2.05) is 13.8 Å². The first kappa shape index (κ1) is 12.4. The van der Waals surface area contributed by atoms with Crippen molar-refractivity contribution in [1.29, 1.82) is 0 Å². The fourth-order valence-electron chi connectivity index (χ4n) is 1.59. The molecule has 18 heavy (non-hydrogen) atoms. The van der Waals surface area contributed by atoms with Crippen LogP contribution in [0.4, 0.5) is 10.1 Å². The van der Waals surface area contributed by atoms with Gasteiger partial charge in [0.2, 0.25) is 0 Å². The molecule has 0 spiro atoms. The minimum absolute atomic E-state index is 0.213. The predicted molar refractivity (Wildman–Crippen MR) is 69.6 cm³/mol. The van der Waals surface area contributed by atoms with Crippen LogP contribution in [-0.4, -0.2) is 11.5 Å². The van der Waals surface area contributed by atoms with Gasteiger partial charge in [0.15, 0.2) is 11.6 Å². The van der Waals surface area contributed by atoms with Gasteiger partial charge in [0.05, 0.1) is 18.1 Å². The lowest BCUT2D eigenvalue weighted by molar-refractivity contribution is 0.440. The van der Waals surface area contributed by atoms with Crippen molar-refractivity contribution in [2.75, 3.05) is 11.9 Å². The van der Waals surface area contributed by atoms with Gasteiger partial charge in [-0.05, 0) is 31.5 Å². The second kappa shape index (κ2) is 5.49. The maximum atomic E-state index is 13.5. The molecule has 0 atom stereocenters. The zero-order chi connectivity index (χ0) is 13.0. The number of nitrogens with one attached hydrogen (secondary N) is 1. The second-order valence-corrected chi connectivity index (χ2v) is 3.98. The molecule has 2 aromatic rings. The van der Waals surface area contributed by atoms with E-state index in [2.05, 4.69) is 10.3 Å². The Hall–Kier alpha value is -2.10. The number of rotatable bonds is 4. The summed E-state index contributed by atoms with van der Waals surface area (Å²) in [5.41, 5.74) is 1.80. The number of benzene rings is 1. The highest BCUT2D eigenvalue weighted by Crippen LogP contribution is 2.26. The van der Waals surface area contributed by atoms with Crippen molar-refractivity contribution in [1.82, 2.24) is 4.98 Å². The van der Waals surface area contributed by atoms with Gasteiger partial charge in [0.1, 0.15) is 5.75 Å². The van der Waals surface area contributed by atoms with E-state index < -0.39 is 0 Å². The van der Waals surface area contributed by atoms with Crippen LogP contribution < -0.4 is 10.1 Å². The van der Waals surface area contributed by atoms with Crippen molar-refractivity contribution >= 4 is 5.69 Å². The molecule has 3 nitrogen and oxygen atoms in total. The Morgan fingerprint density at radius 2 is 2.11 bits per heavy atom. The molecule has 0 bridgehead atoms. The molecule has 0 aliphatic heterocycles. The quantitative estimate of drug-likeness (QED) is 0.892. The first-order valence-corrected chi connectivity index (χ1v) is 5.82. The number of anilines is 1. The Kier molecular flexibility index (Phi) is 3.77. The minimum Gasteiger partial charge on any atom is -0.453 e. The third-order valence-electron chi connectivity index (χ3n) is 2.41. The largest absolute Gasteiger partial charge is 0.453 e. The molecule has 0 radical (unpaired) electrons. The van der Waals surface area contributed by atoms with Crippen LogP contribution in [0.15, 0.2) is 36.7 Å². The summed E-state index contributed by atoms with van der Waals surface area (Å²) >= 11 is 0. The minimum atomic E-state index is -0.380. The maximum Gasteiger partial charge on any atom is 0.165 e. The number of nitrogens with zero attached hydrogens (tertiary/aromatic N) is 1. The SMILES string of the molecule is CCNc1cncc(Oc2cc(C)ccc2F)c1. The van der Waals surface area contributed by atoms with Gasteiger partial charge in [-0.3, -0.25) is 4.98 Å². The van der Waals surface area contributed by atoms with E-state index in [0.29, 0.717) is 5.75 Å². The van der Waals surface area contributed by atoms with Gasteiger partial charge in [-0.15, -0.1) is 0 Å². The molecule has 4 heteroatoms. The molecule has 0 saturated carbocycles. The van der Waals surface area contributed by atoms with E-state index in [-0.39, 0.29) is 11.6 Å². The third-order valence-corrected chi connectivity index (χ3v) is 2.41. The van der Waals surface area contributed by atoms with Crippen LogP contribution in [0, 0.1) is 12.7 Å². The number of aryl methyl sites for hydroxylation is 1. The lowest BCUT2D eigenvalue weighted by Gasteiger charge is -2.09. The molecule has 1 aromatic heterocycles. The molecule has 0 unspecified atom stereocenters. The Balaban J connectivity index is 2.22. The molecule has 0 aliphatic carbocycles. The number of hydrogen-bond donors (Lipinski definition) is 1. The van der Waals surface area contributed by atoms with Crippen LogP contribution in [0.5, 0.6) is 11.5 Å². The monoisotopic (exact) mass is 246 g/mol. The maximum absolute atomic E-state index is 13.5. The molecule has 1 N–H and O–H groups in total. The van der Waals surface area contributed by atoms with Crippen LogP contribution >= 0.6 is 0 Å². The normalized spacial score (nSPS) is 10.2. The van der Waals surface area contributed by atoms with Gasteiger partial charge < -0.3 is 10.1 Å². The summed E-state index contributed by atoms with van der Waals surface area (Å²) in [5, 5.41) is 3.12. The molecule has 94 valence electrons. The average molecular weight is 246 g/mol. The summed E-state index contributed by atoms with van der Waals surface area (Å²) in [7, 11) is 0. The molecule has 0 saturated heterocycles. The Morgan fingerprint density at radius 3 is 2.89 bits per heavy atom. The third kappa shape index (κ3) is 2.97. The molecular formula is C14H15FN2O. The van der Waals surface area contributed by atoms with Crippen LogP contribution in [0.25, 0.3) is 0 Å². The standard InChI is InChI=1S/C14H15FN2O/c1-3-17-11-7-12(9-16-8-11)18-14-6-10(2)4-5-13(14)15/h4-9,17H,3H2,1-2H3.